The minimum atomic E-state index is -0.869. The number of nitrogens with two attached hydrogens (primary N) is 1. The van der Waals surface area contributed by atoms with E-state index in [2.05, 4.69) is 34.9 Å². The van der Waals surface area contributed by atoms with Gasteiger partial charge in [0.25, 0.3) is 0 Å². The Hall–Kier alpha value is -5.31. The van der Waals surface area contributed by atoms with Crippen LogP contribution in [0.1, 0.15) is 105 Å². The summed E-state index contributed by atoms with van der Waals surface area (Å²) in [5.41, 5.74) is 13.1. The second kappa shape index (κ2) is 20.0. The van der Waals surface area contributed by atoms with Crippen LogP contribution in [0.2, 0.25) is 0 Å². The summed E-state index contributed by atoms with van der Waals surface area (Å²) in [6, 6.07) is 18.6. The van der Waals surface area contributed by atoms with E-state index in [4.69, 9.17) is 15.2 Å². The summed E-state index contributed by atoms with van der Waals surface area (Å²) in [6.07, 6.45) is 8.14. The van der Waals surface area contributed by atoms with E-state index < -0.39 is 36.4 Å². The molecule has 4 amide bonds. The maximum Gasteiger partial charge on any atom is 0.329 e. The summed E-state index contributed by atoms with van der Waals surface area (Å²) in [6.45, 7) is 3.59. The number of imidazole rings is 1. The van der Waals surface area contributed by atoms with Crippen molar-refractivity contribution in [2.24, 2.45) is 12.8 Å². The number of amides is 4. The number of carbonyl (C=O) groups is 4. The first-order valence-corrected chi connectivity index (χ1v) is 22.0. The van der Waals surface area contributed by atoms with E-state index in [-0.39, 0.29) is 29.8 Å². The number of aliphatic hydroxyl groups is 1. The number of anilines is 1. The van der Waals surface area contributed by atoms with Gasteiger partial charge in [-0.3, -0.25) is 33.2 Å². The van der Waals surface area contributed by atoms with Crippen molar-refractivity contribution in [2.45, 2.75) is 134 Å². The van der Waals surface area contributed by atoms with Crippen LogP contribution >= 0.6 is 0 Å². The van der Waals surface area contributed by atoms with Crippen molar-refractivity contribution in [3.8, 4) is 0 Å². The first kappa shape index (κ1) is 43.8. The fraction of sp³-hybridized carbons (Fsp3) is 0.511. The van der Waals surface area contributed by atoms with Gasteiger partial charge in [-0.15, -0.1) is 0 Å². The Balaban J connectivity index is 0.799. The minimum Gasteiger partial charge on any atom is -0.381 e. The Kier molecular flexibility index (Phi) is 14.4. The second-order valence-electron chi connectivity index (χ2n) is 16.9. The van der Waals surface area contributed by atoms with Crippen LogP contribution in [0.5, 0.6) is 0 Å². The lowest BCUT2D eigenvalue weighted by atomic mass is 10.0. The fourth-order valence-electron chi connectivity index (χ4n) is 9.06. The van der Waals surface area contributed by atoms with Crippen molar-refractivity contribution in [1.29, 1.82) is 0 Å². The third kappa shape index (κ3) is 10.4. The first-order valence-electron chi connectivity index (χ1n) is 22.0. The molecule has 7 rings (SSSR count). The molecule has 5 atom stereocenters. The summed E-state index contributed by atoms with van der Waals surface area (Å²) in [7, 11) is 1.72. The van der Waals surface area contributed by atoms with Crippen LogP contribution in [0, 0.1) is 0 Å². The maximum absolute atomic E-state index is 13.8. The van der Waals surface area contributed by atoms with E-state index in [0.717, 1.165) is 84.8 Å². The number of ether oxygens (including phenoxy) is 2. The van der Waals surface area contributed by atoms with Gasteiger partial charge in [0.15, 0.2) is 0 Å². The molecule has 0 radical (unpaired) electrons. The standard InChI is InChI=1S/C47H60N6O8/c1-30(36(20-23-41(48)54)49-46(58)40-28-35-13-6-11-34-12-7-14-43(56)53(40)44(34)35)61-29-33-17-15-31(16-18-33)9-4-3-5-25-60-26-8-10-32-19-21-37-39(27-32)51(2)47(59)52(37)38-22-24-42(55)50-45(38)57/h6,11,13,15-19,21,27,30,36,38,40,42,55H,3-5,7-10,12,14,20,22-26,28-29H2,1-2H3,(H2,48,54)(H,49,58)(H,50,57)/t30-,36+,38?,40+,42?/m1/s1. The average molecular weight is 837 g/mol. The van der Waals surface area contributed by atoms with Crippen molar-refractivity contribution >= 4 is 40.3 Å². The lowest BCUT2D eigenvalue weighted by Gasteiger charge is -2.29. The number of benzene rings is 3. The predicted octanol–water partition coefficient (Wildman–Crippen LogP) is 4.42. The minimum absolute atomic E-state index is 0.0315. The molecule has 61 heavy (non-hydrogen) atoms. The zero-order chi connectivity index (χ0) is 43.0. The predicted molar refractivity (Wildman–Crippen MR) is 232 cm³/mol. The van der Waals surface area contributed by atoms with Crippen molar-refractivity contribution in [3.63, 3.8) is 0 Å². The highest BCUT2D eigenvalue weighted by molar-refractivity contribution is 6.04. The van der Waals surface area contributed by atoms with Crippen LogP contribution in [0.15, 0.2) is 65.5 Å². The lowest BCUT2D eigenvalue weighted by molar-refractivity contribution is -0.130. The van der Waals surface area contributed by atoms with Crippen LogP contribution in [-0.4, -0.2) is 75.5 Å². The number of hydrogen-bond acceptors (Lipinski definition) is 8. The van der Waals surface area contributed by atoms with E-state index >= 15 is 0 Å². The Bertz CT molecular complexity index is 2270. The zero-order valence-electron chi connectivity index (χ0n) is 35.4. The molecule has 14 heteroatoms. The molecule has 326 valence electrons. The smallest absolute Gasteiger partial charge is 0.329 e. The normalized spacial score (nSPS) is 19.7. The number of hydrogen-bond donors (Lipinski definition) is 4. The molecule has 4 heterocycles. The number of piperidine rings is 1. The van der Waals surface area contributed by atoms with Crippen LogP contribution in [0.3, 0.4) is 0 Å². The molecule has 14 nitrogen and oxygen atoms in total. The van der Waals surface area contributed by atoms with Crippen LogP contribution < -0.4 is 27.0 Å². The van der Waals surface area contributed by atoms with E-state index in [9.17, 15) is 29.1 Å². The van der Waals surface area contributed by atoms with Gasteiger partial charge in [-0.1, -0.05) is 55.0 Å². The van der Waals surface area contributed by atoms with Crippen molar-refractivity contribution in [3.05, 3.63) is 99.0 Å². The number of rotatable bonds is 20. The van der Waals surface area contributed by atoms with Gasteiger partial charge in [-0.05, 0) is 111 Å². The second-order valence-corrected chi connectivity index (χ2v) is 16.9. The van der Waals surface area contributed by atoms with Crippen molar-refractivity contribution in [2.75, 3.05) is 18.1 Å². The summed E-state index contributed by atoms with van der Waals surface area (Å²) in [4.78, 5) is 66.0. The molecule has 0 bridgehead atoms. The van der Waals surface area contributed by atoms with Gasteiger partial charge in [0.2, 0.25) is 23.6 Å². The van der Waals surface area contributed by atoms with Gasteiger partial charge < -0.3 is 30.9 Å². The summed E-state index contributed by atoms with van der Waals surface area (Å²) >= 11 is 0. The van der Waals surface area contributed by atoms with Gasteiger partial charge in [0.1, 0.15) is 18.3 Å². The van der Waals surface area contributed by atoms with E-state index in [1.54, 1.807) is 21.1 Å². The number of nitrogens with one attached hydrogen (secondary N) is 2. The molecule has 1 saturated heterocycles. The molecule has 2 unspecified atom stereocenters. The average Bonchev–Trinajstić information content (AvgIpc) is 3.69. The molecule has 3 aliphatic rings. The number of aryl methyl sites for hydroxylation is 4. The SMILES string of the molecule is C[C@@H](OCc1ccc(CCCCCOCCCc2ccc3c(c2)n(C)c(=O)n3C2CCC(O)NC2=O)cc1)[C@H](CCC(N)=O)NC(=O)[C@@H]1Cc2cccc3c2N1C(=O)CCC3. The van der Waals surface area contributed by atoms with Gasteiger partial charge in [0, 0.05) is 39.5 Å². The molecule has 5 N–H and O–H groups in total. The van der Waals surface area contributed by atoms with Gasteiger partial charge >= 0.3 is 5.69 Å². The maximum atomic E-state index is 13.8. The number of carbonyl (C=O) groups excluding carboxylic acids is 4. The number of fused-ring (bicyclic) bond motifs is 1. The van der Waals surface area contributed by atoms with Gasteiger partial charge in [-0.25, -0.2) is 4.79 Å². The number of aromatic nitrogens is 2. The Labute approximate surface area is 356 Å². The van der Waals surface area contributed by atoms with Gasteiger partial charge in [-0.2, -0.15) is 0 Å². The Morgan fingerprint density at radius 2 is 1.64 bits per heavy atom. The van der Waals surface area contributed by atoms with E-state index in [1.165, 1.54) is 5.56 Å². The summed E-state index contributed by atoms with van der Waals surface area (Å²) in [5, 5.41) is 15.4. The Morgan fingerprint density at radius 1 is 0.902 bits per heavy atom. The number of para-hydroxylation sites is 1. The van der Waals surface area contributed by atoms with E-state index in [0.29, 0.717) is 57.4 Å². The fourth-order valence-corrected chi connectivity index (χ4v) is 9.06. The highest BCUT2D eigenvalue weighted by Gasteiger charge is 2.41. The molecule has 3 aromatic carbocycles. The Morgan fingerprint density at radius 3 is 2.43 bits per heavy atom. The quantitative estimate of drug-likeness (QED) is 0.0943. The zero-order valence-corrected chi connectivity index (χ0v) is 35.4. The molecule has 0 aliphatic carbocycles. The van der Waals surface area contributed by atoms with Gasteiger partial charge in [0.05, 0.1) is 35.5 Å². The lowest BCUT2D eigenvalue weighted by Crippen LogP contribution is -2.53. The molecular weight excluding hydrogens is 777 g/mol. The number of aliphatic hydroxyl groups excluding tert-OH is 1. The molecule has 0 saturated carbocycles. The highest BCUT2D eigenvalue weighted by Crippen LogP contribution is 2.39. The van der Waals surface area contributed by atoms with Crippen LogP contribution in [0.4, 0.5) is 5.69 Å². The number of primary amides is 1. The number of nitrogens with zero attached hydrogens (tertiary/aromatic N) is 3. The largest absolute Gasteiger partial charge is 0.381 e. The third-order valence-corrected chi connectivity index (χ3v) is 12.5. The molecule has 1 aromatic heterocycles. The monoisotopic (exact) mass is 836 g/mol. The molecule has 4 aromatic rings. The summed E-state index contributed by atoms with van der Waals surface area (Å²) in [5.74, 6) is -1.06. The number of unbranched alkanes of at least 4 members (excludes halogenated alkanes) is 2. The molecule has 0 spiro atoms. The topological polar surface area (TPSA) is 187 Å². The molecule has 3 aliphatic heterocycles. The van der Waals surface area contributed by atoms with Crippen molar-refractivity contribution < 1.29 is 33.8 Å². The highest BCUT2D eigenvalue weighted by atomic mass is 16.5. The summed E-state index contributed by atoms with van der Waals surface area (Å²) < 4.78 is 15.3. The molecular formula is C47H60N6O8. The first-order chi connectivity index (χ1) is 29.5. The van der Waals surface area contributed by atoms with Crippen LogP contribution in [0.25, 0.3) is 11.0 Å². The van der Waals surface area contributed by atoms with E-state index in [1.807, 2.05) is 43.3 Å². The third-order valence-electron chi connectivity index (χ3n) is 12.5. The van der Waals surface area contributed by atoms with Crippen molar-refractivity contribution in [1.82, 2.24) is 19.8 Å². The van der Waals surface area contributed by atoms with Crippen LogP contribution in [-0.2, 0) is 68.0 Å². The molecule has 1 fully saturated rings.